The third kappa shape index (κ3) is 1.98. The lowest BCUT2D eigenvalue weighted by atomic mass is 10.1. The van der Waals surface area contributed by atoms with Gasteiger partial charge in [-0.05, 0) is 17.7 Å². The molecule has 0 saturated carbocycles. The van der Waals surface area contributed by atoms with E-state index in [1.54, 1.807) is 11.3 Å². The van der Waals surface area contributed by atoms with E-state index in [0.29, 0.717) is 0 Å². The van der Waals surface area contributed by atoms with E-state index >= 15 is 0 Å². The summed E-state index contributed by atoms with van der Waals surface area (Å²) in [5, 5.41) is 8.82. The lowest BCUT2D eigenvalue weighted by Crippen LogP contribution is -1.97. The van der Waals surface area contributed by atoms with Crippen molar-refractivity contribution < 1.29 is 9.90 Å². The van der Waals surface area contributed by atoms with Gasteiger partial charge in [-0.25, -0.2) is 0 Å². The molecule has 2 heterocycles. The molecule has 2 nitrogen and oxygen atoms in total. The van der Waals surface area contributed by atoms with Crippen molar-refractivity contribution >= 4 is 29.1 Å². The molecule has 0 bridgehead atoms. The summed E-state index contributed by atoms with van der Waals surface area (Å²) in [4.78, 5) is 14.2. The molecule has 1 aliphatic rings. The Labute approximate surface area is 107 Å². The smallest absolute Gasteiger partial charge is 0.308 e. The molecule has 0 aliphatic carbocycles. The number of thiophene rings is 1. The topological polar surface area (TPSA) is 37.3 Å². The summed E-state index contributed by atoms with van der Waals surface area (Å²) in [7, 11) is 0. The molecule has 0 atom stereocenters. The second-order valence-electron chi connectivity index (χ2n) is 3.92. The second-order valence-corrected chi connectivity index (χ2v) is 6.08. The van der Waals surface area contributed by atoms with E-state index in [2.05, 4.69) is 12.1 Å². The average Bonchev–Trinajstić information content (AvgIpc) is 2.70. The Bertz CT molecular complexity index is 587. The third-order valence-corrected chi connectivity index (χ3v) is 5.03. The molecular weight excluding hydrogens is 252 g/mol. The molecule has 0 spiro atoms. The minimum atomic E-state index is -0.760. The molecule has 17 heavy (non-hydrogen) atoms. The van der Waals surface area contributed by atoms with Crippen molar-refractivity contribution in [2.45, 2.75) is 17.1 Å². The van der Waals surface area contributed by atoms with Crippen LogP contribution in [0.15, 0.2) is 35.2 Å². The maximum absolute atomic E-state index is 10.7. The summed E-state index contributed by atoms with van der Waals surface area (Å²) in [5.74, 6) is 0.187. The molecule has 0 unspecified atom stereocenters. The molecule has 0 saturated heterocycles. The van der Waals surface area contributed by atoms with Crippen molar-refractivity contribution in [2.75, 3.05) is 0 Å². The first-order valence-electron chi connectivity index (χ1n) is 5.29. The van der Waals surface area contributed by atoms with E-state index in [4.69, 9.17) is 5.11 Å². The first kappa shape index (κ1) is 10.9. The van der Waals surface area contributed by atoms with Gasteiger partial charge in [0.25, 0.3) is 0 Å². The Balaban J connectivity index is 2.07. The molecule has 2 aromatic rings. The number of rotatable bonds is 2. The number of carboxylic acid groups (broad SMARTS) is 1. The average molecular weight is 262 g/mol. The van der Waals surface area contributed by atoms with Gasteiger partial charge < -0.3 is 5.11 Å². The van der Waals surface area contributed by atoms with Crippen LogP contribution in [0, 0.1) is 0 Å². The van der Waals surface area contributed by atoms with Gasteiger partial charge in [0.05, 0.1) is 6.42 Å². The first-order chi connectivity index (χ1) is 8.24. The van der Waals surface area contributed by atoms with Gasteiger partial charge in [-0.15, -0.1) is 23.1 Å². The molecule has 1 N–H and O–H groups in total. The summed E-state index contributed by atoms with van der Waals surface area (Å²) in [5.41, 5.74) is 2.52. The minimum absolute atomic E-state index is 0.129. The Morgan fingerprint density at radius 2 is 2.18 bits per heavy atom. The van der Waals surface area contributed by atoms with Gasteiger partial charge in [-0.2, -0.15) is 0 Å². The van der Waals surface area contributed by atoms with E-state index in [9.17, 15) is 4.79 Å². The zero-order chi connectivity index (χ0) is 11.8. The number of fused-ring (bicyclic) bond motifs is 3. The summed E-state index contributed by atoms with van der Waals surface area (Å²) in [6.07, 6.45) is 0.129. The molecule has 0 amide bonds. The Kier molecular flexibility index (Phi) is 2.68. The summed E-state index contributed by atoms with van der Waals surface area (Å²) < 4.78 is 0. The lowest BCUT2D eigenvalue weighted by Gasteiger charge is -2.14. The van der Waals surface area contributed by atoms with Crippen LogP contribution < -0.4 is 0 Å². The van der Waals surface area contributed by atoms with Gasteiger partial charge >= 0.3 is 5.97 Å². The number of carboxylic acids is 1. The fourth-order valence-electron chi connectivity index (χ4n) is 1.99. The second kappa shape index (κ2) is 4.20. The standard InChI is InChI=1S/C13H10O2S2/c14-12(15)6-9-5-8-7-16-11-4-2-1-3-10(11)13(8)17-9/h1-5H,6-7H2,(H,14,15). The monoisotopic (exact) mass is 262 g/mol. The van der Waals surface area contributed by atoms with Crippen LogP contribution in [0.4, 0.5) is 0 Å². The maximum atomic E-state index is 10.7. The largest absolute Gasteiger partial charge is 0.481 e. The lowest BCUT2D eigenvalue weighted by molar-refractivity contribution is -0.136. The first-order valence-corrected chi connectivity index (χ1v) is 7.10. The predicted molar refractivity (Wildman–Crippen MR) is 70.7 cm³/mol. The molecule has 86 valence electrons. The Morgan fingerprint density at radius 3 is 3.00 bits per heavy atom. The molecule has 4 heteroatoms. The van der Waals surface area contributed by atoms with E-state index in [1.165, 1.54) is 20.9 Å². The van der Waals surface area contributed by atoms with Crippen molar-refractivity contribution in [3.8, 4) is 10.4 Å². The summed E-state index contributed by atoms with van der Waals surface area (Å²) >= 11 is 3.44. The fourth-order valence-corrected chi connectivity index (χ4v) is 4.40. The van der Waals surface area contributed by atoms with Gasteiger partial charge in [0.2, 0.25) is 0 Å². The predicted octanol–water partition coefficient (Wildman–Crippen LogP) is 3.65. The number of benzene rings is 1. The highest BCUT2D eigenvalue weighted by atomic mass is 32.2. The zero-order valence-corrected chi connectivity index (χ0v) is 10.6. The van der Waals surface area contributed by atoms with Crippen LogP contribution in [0.5, 0.6) is 0 Å². The van der Waals surface area contributed by atoms with Crippen LogP contribution in [0.25, 0.3) is 10.4 Å². The van der Waals surface area contributed by atoms with Crippen molar-refractivity contribution in [3.63, 3.8) is 0 Å². The number of hydrogen-bond acceptors (Lipinski definition) is 3. The molecule has 3 rings (SSSR count). The van der Waals surface area contributed by atoms with Gasteiger partial charge in [-0.1, -0.05) is 18.2 Å². The van der Waals surface area contributed by atoms with Crippen LogP contribution in [0.1, 0.15) is 10.4 Å². The summed E-state index contributed by atoms with van der Waals surface area (Å²) in [6, 6.07) is 10.4. The number of hydrogen-bond donors (Lipinski definition) is 1. The highest BCUT2D eigenvalue weighted by Gasteiger charge is 2.19. The number of carbonyl (C=O) groups is 1. The fraction of sp³-hybridized carbons (Fsp3) is 0.154. The number of aliphatic carboxylic acids is 1. The highest BCUT2D eigenvalue weighted by molar-refractivity contribution is 7.98. The van der Waals surface area contributed by atoms with Crippen molar-refractivity contribution in [1.29, 1.82) is 0 Å². The van der Waals surface area contributed by atoms with Crippen LogP contribution >= 0.6 is 23.1 Å². The molecule has 0 fully saturated rings. The highest BCUT2D eigenvalue weighted by Crippen LogP contribution is 2.45. The SMILES string of the molecule is O=C(O)Cc1cc2c(s1)-c1ccccc1SC2. The van der Waals surface area contributed by atoms with Crippen molar-refractivity contribution in [2.24, 2.45) is 0 Å². The van der Waals surface area contributed by atoms with Crippen molar-refractivity contribution in [3.05, 3.63) is 40.8 Å². The van der Waals surface area contributed by atoms with Crippen LogP contribution in [-0.2, 0) is 17.0 Å². The van der Waals surface area contributed by atoms with Gasteiger partial charge in [0.15, 0.2) is 0 Å². The van der Waals surface area contributed by atoms with Crippen LogP contribution in [0.3, 0.4) is 0 Å². The number of thioether (sulfide) groups is 1. The van der Waals surface area contributed by atoms with Crippen molar-refractivity contribution in [1.82, 2.24) is 0 Å². The molecule has 1 aromatic heterocycles. The molecule has 1 aromatic carbocycles. The Morgan fingerprint density at radius 1 is 1.35 bits per heavy atom. The van der Waals surface area contributed by atoms with E-state index < -0.39 is 5.97 Å². The van der Waals surface area contributed by atoms with E-state index in [1.807, 2.05) is 30.0 Å². The zero-order valence-electron chi connectivity index (χ0n) is 8.97. The maximum Gasteiger partial charge on any atom is 0.308 e. The Hall–Kier alpha value is -1.26. The van der Waals surface area contributed by atoms with Gasteiger partial charge in [0.1, 0.15) is 0 Å². The van der Waals surface area contributed by atoms with E-state index in [0.717, 1.165) is 10.6 Å². The van der Waals surface area contributed by atoms with Crippen LogP contribution in [-0.4, -0.2) is 11.1 Å². The van der Waals surface area contributed by atoms with Crippen LogP contribution in [0.2, 0.25) is 0 Å². The molecule has 0 radical (unpaired) electrons. The molecular formula is C13H10O2S2. The minimum Gasteiger partial charge on any atom is -0.481 e. The summed E-state index contributed by atoms with van der Waals surface area (Å²) in [6.45, 7) is 0. The quantitative estimate of drug-likeness (QED) is 0.897. The van der Waals surface area contributed by atoms with Gasteiger partial charge in [0, 0.05) is 26.0 Å². The van der Waals surface area contributed by atoms with E-state index in [-0.39, 0.29) is 6.42 Å². The van der Waals surface area contributed by atoms with Gasteiger partial charge in [-0.3, -0.25) is 4.79 Å². The molecule has 1 aliphatic heterocycles. The third-order valence-electron chi connectivity index (χ3n) is 2.70. The normalized spacial score (nSPS) is 12.9.